The maximum Gasteiger partial charge on any atom is 0.259 e. The number of amides is 1. The van der Waals surface area contributed by atoms with Gasteiger partial charge in [-0.1, -0.05) is 60.7 Å². The quantitative estimate of drug-likeness (QED) is 0.408. The number of nitrogens with one attached hydrogen (secondary N) is 1. The maximum atomic E-state index is 13.1. The number of carbonyl (C=O) groups is 1. The van der Waals surface area contributed by atoms with Crippen LogP contribution in [0.2, 0.25) is 0 Å². The molecule has 0 unspecified atom stereocenters. The summed E-state index contributed by atoms with van der Waals surface area (Å²) in [4.78, 5) is 19.3. The average Bonchev–Trinajstić information content (AvgIpc) is 3.52. The molecule has 164 valence electrons. The second-order valence-corrected chi connectivity index (χ2v) is 7.96. The first kappa shape index (κ1) is 20.6. The maximum absolute atomic E-state index is 13.1. The number of nitrogens with zero attached hydrogens (tertiary/aromatic N) is 5. The summed E-state index contributed by atoms with van der Waals surface area (Å²) in [7, 11) is 1.81. The molecule has 5 rings (SSSR count). The van der Waals surface area contributed by atoms with Crippen LogP contribution in [0.15, 0.2) is 85.2 Å². The van der Waals surface area contributed by atoms with Crippen LogP contribution in [-0.2, 0) is 6.42 Å². The Bertz CT molecular complexity index is 1370. The topological polar surface area (TPSA) is 79.2 Å². The largest absolute Gasteiger partial charge is 0.342 e. The normalized spacial score (nSPS) is 11.1. The molecule has 0 atom stereocenters. The van der Waals surface area contributed by atoms with Crippen LogP contribution in [0.25, 0.3) is 28.2 Å². The molecule has 7 heteroatoms. The zero-order valence-corrected chi connectivity index (χ0v) is 18.3. The molecule has 0 spiro atoms. The molecular formula is C26H24N6O. The van der Waals surface area contributed by atoms with Crippen molar-refractivity contribution in [3.8, 4) is 22.5 Å². The minimum Gasteiger partial charge on any atom is -0.342 e. The third-order valence-electron chi connectivity index (χ3n) is 5.69. The summed E-state index contributed by atoms with van der Waals surface area (Å²) in [6.07, 6.45) is 4.95. The fraction of sp³-hybridized carbons (Fsp3) is 0.154. The van der Waals surface area contributed by atoms with Crippen LogP contribution >= 0.6 is 0 Å². The minimum absolute atomic E-state index is 0.0858. The number of fused-ring (bicyclic) bond motifs is 1. The van der Waals surface area contributed by atoms with Gasteiger partial charge in [-0.05, 0) is 25.0 Å². The van der Waals surface area contributed by atoms with Gasteiger partial charge in [-0.2, -0.15) is 10.2 Å². The molecule has 0 saturated heterocycles. The number of aryl methyl sites for hydroxylation is 1. The number of hydrogen-bond acceptors (Lipinski definition) is 4. The lowest BCUT2D eigenvalue weighted by Crippen LogP contribution is -2.28. The lowest BCUT2D eigenvalue weighted by Gasteiger charge is -2.16. The van der Waals surface area contributed by atoms with Crippen LogP contribution in [0.3, 0.4) is 0 Å². The monoisotopic (exact) mass is 436 g/mol. The van der Waals surface area contributed by atoms with Gasteiger partial charge in [-0.3, -0.25) is 9.89 Å². The smallest absolute Gasteiger partial charge is 0.259 e. The van der Waals surface area contributed by atoms with E-state index in [0.717, 1.165) is 41.1 Å². The van der Waals surface area contributed by atoms with Gasteiger partial charge in [0.15, 0.2) is 5.65 Å². The molecule has 1 amide bonds. The Kier molecular flexibility index (Phi) is 5.68. The SMILES string of the molecule is CN(CCCc1cc(-c2ccccc2)n[nH]1)C(=O)c1cnn2c(-c3ccccc3)ccnc12. The Morgan fingerprint density at radius 3 is 2.48 bits per heavy atom. The van der Waals surface area contributed by atoms with E-state index in [2.05, 4.69) is 26.3 Å². The number of H-pyrrole nitrogens is 1. The summed E-state index contributed by atoms with van der Waals surface area (Å²) < 4.78 is 1.73. The molecule has 7 nitrogen and oxygen atoms in total. The van der Waals surface area contributed by atoms with Gasteiger partial charge in [0.1, 0.15) is 5.56 Å². The fourth-order valence-corrected chi connectivity index (χ4v) is 3.93. The molecular weight excluding hydrogens is 412 g/mol. The van der Waals surface area contributed by atoms with Crippen LogP contribution in [0, 0.1) is 0 Å². The van der Waals surface area contributed by atoms with Crippen LogP contribution in [-0.4, -0.2) is 49.2 Å². The van der Waals surface area contributed by atoms with Crippen LogP contribution in [0.5, 0.6) is 0 Å². The summed E-state index contributed by atoms with van der Waals surface area (Å²) >= 11 is 0. The predicted octanol–water partition coefficient (Wildman–Crippen LogP) is 4.49. The van der Waals surface area contributed by atoms with Crippen molar-refractivity contribution >= 4 is 11.6 Å². The molecule has 0 fully saturated rings. The summed E-state index contributed by atoms with van der Waals surface area (Å²) in [6.45, 7) is 0.619. The second-order valence-electron chi connectivity index (χ2n) is 7.96. The molecule has 3 aromatic heterocycles. The van der Waals surface area contributed by atoms with E-state index >= 15 is 0 Å². The highest BCUT2D eigenvalue weighted by Gasteiger charge is 2.19. The number of benzene rings is 2. The number of hydrogen-bond donors (Lipinski definition) is 1. The Morgan fingerprint density at radius 2 is 1.73 bits per heavy atom. The highest BCUT2D eigenvalue weighted by atomic mass is 16.2. The van der Waals surface area contributed by atoms with Crippen molar-refractivity contribution in [2.24, 2.45) is 0 Å². The zero-order valence-electron chi connectivity index (χ0n) is 18.3. The van der Waals surface area contributed by atoms with Crippen LogP contribution < -0.4 is 0 Å². The van der Waals surface area contributed by atoms with Gasteiger partial charge >= 0.3 is 0 Å². The molecule has 0 aliphatic rings. The first-order valence-corrected chi connectivity index (χ1v) is 10.9. The van der Waals surface area contributed by atoms with Crippen molar-refractivity contribution in [3.63, 3.8) is 0 Å². The van der Waals surface area contributed by atoms with Gasteiger partial charge in [-0.15, -0.1) is 0 Å². The van der Waals surface area contributed by atoms with Gasteiger partial charge in [0.05, 0.1) is 17.6 Å². The van der Waals surface area contributed by atoms with E-state index in [9.17, 15) is 4.79 Å². The zero-order chi connectivity index (χ0) is 22.6. The number of carbonyl (C=O) groups excluding carboxylic acids is 1. The second kappa shape index (κ2) is 9.08. The van der Waals surface area contributed by atoms with Gasteiger partial charge < -0.3 is 4.90 Å². The summed E-state index contributed by atoms with van der Waals surface area (Å²) in [5, 5.41) is 12.0. The van der Waals surface area contributed by atoms with Crippen molar-refractivity contribution in [2.45, 2.75) is 12.8 Å². The van der Waals surface area contributed by atoms with E-state index in [4.69, 9.17) is 0 Å². The molecule has 5 aromatic rings. The van der Waals surface area contributed by atoms with E-state index in [1.165, 1.54) is 0 Å². The van der Waals surface area contributed by atoms with Crippen molar-refractivity contribution in [3.05, 3.63) is 96.4 Å². The Labute approximate surface area is 191 Å². The summed E-state index contributed by atoms with van der Waals surface area (Å²) in [5.41, 5.74) is 6.06. The number of rotatable bonds is 7. The minimum atomic E-state index is -0.0858. The highest BCUT2D eigenvalue weighted by molar-refractivity contribution is 5.99. The van der Waals surface area contributed by atoms with Gasteiger partial charge in [0.2, 0.25) is 0 Å². The molecule has 33 heavy (non-hydrogen) atoms. The van der Waals surface area contributed by atoms with Gasteiger partial charge in [0.25, 0.3) is 5.91 Å². The van der Waals surface area contributed by atoms with E-state index in [0.29, 0.717) is 17.8 Å². The fourth-order valence-electron chi connectivity index (χ4n) is 3.93. The standard InChI is InChI=1S/C26H24N6O/c1-31(16-8-13-21-17-23(30-29-21)19-9-4-2-5-10-19)26(33)22-18-28-32-24(14-15-27-25(22)32)20-11-6-3-7-12-20/h2-7,9-12,14-15,17-18H,8,13,16H2,1H3,(H,29,30). The van der Waals surface area contributed by atoms with Crippen molar-refractivity contribution < 1.29 is 4.79 Å². The first-order chi connectivity index (χ1) is 16.2. The third kappa shape index (κ3) is 4.25. The Morgan fingerprint density at radius 1 is 1.00 bits per heavy atom. The summed E-state index contributed by atoms with van der Waals surface area (Å²) in [5.74, 6) is -0.0858. The van der Waals surface area contributed by atoms with E-state index in [1.807, 2.05) is 73.8 Å². The van der Waals surface area contributed by atoms with Gasteiger partial charge in [0, 0.05) is 36.6 Å². The molecule has 2 aromatic carbocycles. The lowest BCUT2D eigenvalue weighted by atomic mass is 10.1. The first-order valence-electron chi connectivity index (χ1n) is 10.9. The molecule has 0 saturated carbocycles. The molecule has 0 radical (unpaired) electrons. The molecule has 0 aliphatic carbocycles. The molecule has 1 N–H and O–H groups in total. The van der Waals surface area contributed by atoms with E-state index in [1.54, 1.807) is 21.8 Å². The highest BCUT2D eigenvalue weighted by Crippen LogP contribution is 2.21. The number of aromatic amines is 1. The Hall–Kier alpha value is -4.26. The molecule has 3 heterocycles. The van der Waals surface area contributed by atoms with Crippen molar-refractivity contribution in [1.82, 2.24) is 29.7 Å². The van der Waals surface area contributed by atoms with Crippen molar-refractivity contribution in [1.29, 1.82) is 0 Å². The molecule has 0 bridgehead atoms. The third-order valence-corrected chi connectivity index (χ3v) is 5.69. The van der Waals surface area contributed by atoms with Crippen LogP contribution in [0.1, 0.15) is 22.5 Å². The van der Waals surface area contributed by atoms with Gasteiger partial charge in [-0.25, -0.2) is 9.50 Å². The number of aromatic nitrogens is 5. The lowest BCUT2D eigenvalue weighted by molar-refractivity contribution is 0.0795. The van der Waals surface area contributed by atoms with Crippen LogP contribution in [0.4, 0.5) is 0 Å². The predicted molar refractivity (Wildman–Crippen MR) is 128 cm³/mol. The van der Waals surface area contributed by atoms with E-state index < -0.39 is 0 Å². The summed E-state index contributed by atoms with van der Waals surface area (Å²) in [6, 6.07) is 24.0. The molecule has 0 aliphatic heterocycles. The Balaban J connectivity index is 1.25. The average molecular weight is 437 g/mol. The van der Waals surface area contributed by atoms with E-state index in [-0.39, 0.29) is 5.91 Å². The van der Waals surface area contributed by atoms with Crippen molar-refractivity contribution in [2.75, 3.05) is 13.6 Å².